The summed E-state index contributed by atoms with van der Waals surface area (Å²) in [6.45, 7) is 0.779. The van der Waals surface area contributed by atoms with Crippen molar-refractivity contribution in [2.24, 2.45) is 0 Å². The average Bonchev–Trinajstić information content (AvgIpc) is 3.11. The Kier molecular flexibility index (Phi) is 5.76. The average molecular weight is 431 g/mol. The maximum Gasteiger partial charge on any atom is 0.160 e. The second-order valence-electron chi connectivity index (χ2n) is 5.80. The first-order chi connectivity index (χ1) is 12.6. The molecule has 0 aliphatic heterocycles. The molecule has 0 fully saturated rings. The van der Waals surface area contributed by atoms with Gasteiger partial charge in [-0.05, 0) is 51.6 Å². The Hall–Kier alpha value is -2.15. The number of nitrogens with one attached hydrogen (secondary N) is 2. The SMILES string of the molecule is CNCc1ccc(-c2c(O)cc(Br)c(NC)c2-c2ccsc2C=O)cc1. The van der Waals surface area contributed by atoms with Crippen LogP contribution in [0.1, 0.15) is 15.2 Å². The van der Waals surface area contributed by atoms with Gasteiger partial charge in [-0.3, -0.25) is 4.79 Å². The number of carbonyl (C=O) groups excluding carboxylic acids is 1. The lowest BCUT2D eigenvalue weighted by Crippen LogP contribution is -2.04. The number of aldehydes is 1. The first-order valence-corrected chi connectivity index (χ1v) is 9.78. The molecule has 0 amide bonds. The fourth-order valence-electron chi connectivity index (χ4n) is 3.05. The fraction of sp³-hybridized carbons (Fsp3) is 0.150. The number of carbonyl (C=O) groups is 1. The smallest absolute Gasteiger partial charge is 0.160 e. The van der Waals surface area contributed by atoms with Crippen molar-refractivity contribution in [3.05, 3.63) is 56.7 Å². The molecule has 0 saturated heterocycles. The first kappa shape index (κ1) is 18.6. The number of rotatable bonds is 6. The zero-order valence-electron chi connectivity index (χ0n) is 14.5. The van der Waals surface area contributed by atoms with Crippen LogP contribution in [0.2, 0.25) is 0 Å². The van der Waals surface area contributed by atoms with Gasteiger partial charge in [-0.25, -0.2) is 0 Å². The second-order valence-corrected chi connectivity index (χ2v) is 7.60. The summed E-state index contributed by atoms with van der Waals surface area (Å²) in [5.41, 5.74) is 5.20. The van der Waals surface area contributed by atoms with Gasteiger partial charge in [0.25, 0.3) is 0 Å². The monoisotopic (exact) mass is 430 g/mol. The van der Waals surface area contributed by atoms with Gasteiger partial charge in [0.2, 0.25) is 0 Å². The minimum absolute atomic E-state index is 0.162. The van der Waals surface area contributed by atoms with E-state index < -0.39 is 0 Å². The van der Waals surface area contributed by atoms with Crippen LogP contribution in [0.3, 0.4) is 0 Å². The van der Waals surface area contributed by atoms with Crippen LogP contribution in [0.15, 0.2) is 46.3 Å². The van der Waals surface area contributed by atoms with Gasteiger partial charge in [0.05, 0.1) is 10.6 Å². The molecule has 2 aromatic carbocycles. The van der Waals surface area contributed by atoms with Gasteiger partial charge in [0.1, 0.15) is 5.75 Å². The van der Waals surface area contributed by atoms with Gasteiger partial charge < -0.3 is 15.7 Å². The highest BCUT2D eigenvalue weighted by molar-refractivity contribution is 9.10. The molecule has 4 nitrogen and oxygen atoms in total. The van der Waals surface area contributed by atoms with E-state index in [-0.39, 0.29) is 5.75 Å². The van der Waals surface area contributed by atoms with Crippen LogP contribution in [0.4, 0.5) is 5.69 Å². The van der Waals surface area contributed by atoms with E-state index in [1.165, 1.54) is 11.3 Å². The molecule has 3 rings (SSSR count). The Bertz CT molecular complexity index is 936. The van der Waals surface area contributed by atoms with Crippen molar-refractivity contribution in [3.63, 3.8) is 0 Å². The molecule has 0 bridgehead atoms. The number of thiophene rings is 1. The van der Waals surface area contributed by atoms with Crippen LogP contribution in [0, 0.1) is 0 Å². The van der Waals surface area contributed by atoms with Crippen molar-refractivity contribution in [3.8, 4) is 28.0 Å². The minimum atomic E-state index is 0.162. The zero-order chi connectivity index (χ0) is 18.7. The third-order valence-electron chi connectivity index (χ3n) is 4.20. The number of hydrogen-bond acceptors (Lipinski definition) is 5. The Labute approximate surface area is 165 Å². The molecular weight excluding hydrogens is 412 g/mol. The van der Waals surface area contributed by atoms with Crippen molar-refractivity contribution in [1.82, 2.24) is 5.32 Å². The largest absolute Gasteiger partial charge is 0.507 e. The Morgan fingerprint density at radius 3 is 2.50 bits per heavy atom. The van der Waals surface area contributed by atoms with E-state index in [1.807, 2.05) is 49.8 Å². The lowest BCUT2D eigenvalue weighted by atomic mass is 9.92. The molecular formula is C20H19BrN2O2S. The lowest BCUT2D eigenvalue weighted by molar-refractivity contribution is 0.112. The van der Waals surface area contributed by atoms with Crippen molar-refractivity contribution >= 4 is 39.2 Å². The third-order valence-corrected chi connectivity index (χ3v) is 5.67. The van der Waals surface area contributed by atoms with Crippen LogP contribution < -0.4 is 10.6 Å². The number of halogens is 1. The van der Waals surface area contributed by atoms with Gasteiger partial charge in [-0.2, -0.15) is 0 Å². The van der Waals surface area contributed by atoms with Crippen LogP contribution in [-0.4, -0.2) is 25.5 Å². The predicted octanol–water partition coefficient (Wildman–Crippen LogP) is 5.12. The van der Waals surface area contributed by atoms with E-state index in [9.17, 15) is 9.90 Å². The van der Waals surface area contributed by atoms with Gasteiger partial charge in [0.15, 0.2) is 6.29 Å². The molecule has 6 heteroatoms. The third kappa shape index (κ3) is 3.40. The highest BCUT2D eigenvalue weighted by Gasteiger charge is 2.21. The van der Waals surface area contributed by atoms with Crippen LogP contribution >= 0.6 is 27.3 Å². The van der Waals surface area contributed by atoms with Gasteiger partial charge in [-0.15, -0.1) is 11.3 Å². The molecule has 134 valence electrons. The zero-order valence-corrected chi connectivity index (χ0v) is 16.9. The van der Waals surface area contributed by atoms with E-state index in [1.54, 1.807) is 6.07 Å². The molecule has 0 spiro atoms. The molecule has 26 heavy (non-hydrogen) atoms. The van der Waals surface area contributed by atoms with E-state index in [4.69, 9.17) is 0 Å². The standard InChI is InChI=1S/C20H19BrN2O2S/c1-22-10-12-3-5-13(6-4-12)18-16(25)9-15(21)20(23-2)19(18)14-7-8-26-17(14)11-24/h3-9,11,22-23,25H,10H2,1-2H3. The minimum Gasteiger partial charge on any atom is -0.507 e. The molecule has 3 N–H and O–H groups in total. The summed E-state index contributed by atoms with van der Waals surface area (Å²) in [6, 6.07) is 11.6. The Balaban J connectivity index is 2.29. The summed E-state index contributed by atoms with van der Waals surface area (Å²) in [5.74, 6) is 0.162. The molecule has 0 atom stereocenters. The lowest BCUT2D eigenvalue weighted by Gasteiger charge is -2.18. The van der Waals surface area contributed by atoms with E-state index in [0.29, 0.717) is 10.4 Å². The maximum atomic E-state index is 11.5. The van der Waals surface area contributed by atoms with Gasteiger partial charge >= 0.3 is 0 Å². The molecule has 1 aromatic heterocycles. The van der Waals surface area contributed by atoms with Crippen molar-refractivity contribution < 1.29 is 9.90 Å². The summed E-state index contributed by atoms with van der Waals surface area (Å²) in [7, 11) is 3.73. The van der Waals surface area contributed by atoms with Gasteiger partial charge in [0, 0.05) is 34.8 Å². The molecule has 0 aliphatic carbocycles. The number of phenolic OH excluding ortho intramolecular Hbond substituents is 1. The number of phenols is 1. The summed E-state index contributed by atoms with van der Waals surface area (Å²) in [5, 5.41) is 18.9. The number of aromatic hydroxyl groups is 1. The molecule has 0 unspecified atom stereocenters. The molecule has 0 aliphatic rings. The summed E-state index contributed by atoms with van der Waals surface area (Å²) >= 11 is 4.90. The number of anilines is 1. The Morgan fingerprint density at radius 2 is 1.88 bits per heavy atom. The molecule has 0 saturated carbocycles. The molecule has 0 radical (unpaired) electrons. The fourth-order valence-corrected chi connectivity index (χ4v) is 4.37. The summed E-state index contributed by atoms with van der Waals surface area (Å²) in [4.78, 5) is 12.1. The van der Waals surface area contributed by atoms with Crippen LogP contribution in [0.25, 0.3) is 22.3 Å². The Morgan fingerprint density at radius 1 is 1.15 bits per heavy atom. The van der Waals surface area contributed by atoms with E-state index in [2.05, 4.69) is 26.6 Å². The molecule has 3 aromatic rings. The van der Waals surface area contributed by atoms with Crippen LogP contribution in [-0.2, 0) is 6.54 Å². The number of hydrogen-bond donors (Lipinski definition) is 3. The van der Waals surface area contributed by atoms with Crippen LogP contribution in [0.5, 0.6) is 5.75 Å². The summed E-state index contributed by atoms with van der Waals surface area (Å²) < 4.78 is 0.742. The first-order valence-electron chi connectivity index (χ1n) is 8.10. The predicted molar refractivity (Wildman–Crippen MR) is 112 cm³/mol. The van der Waals surface area contributed by atoms with Crippen molar-refractivity contribution in [2.45, 2.75) is 6.54 Å². The quantitative estimate of drug-likeness (QED) is 0.374. The topological polar surface area (TPSA) is 61.4 Å². The van der Waals surface area contributed by atoms with Gasteiger partial charge in [-0.1, -0.05) is 24.3 Å². The van der Waals surface area contributed by atoms with Crippen molar-refractivity contribution in [1.29, 1.82) is 0 Å². The van der Waals surface area contributed by atoms with E-state index in [0.717, 1.165) is 45.2 Å². The summed E-state index contributed by atoms with van der Waals surface area (Å²) in [6.07, 6.45) is 0.858. The highest BCUT2D eigenvalue weighted by Crippen LogP contribution is 2.48. The normalized spacial score (nSPS) is 10.7. The highest BCUT2D eigenvalue weighted by atomic mass is 79.9. The second kappa shape index (κ2) is 8.03. The molecule has 1 heterocycles. The number of benzene rings is 2. The van der Waals surface area contributed by atoms with Crippen molar-refractivity contribution in [2.75, 3.05) is 19.4 Å². The maximum absolute atomic E-state index is 11.5. The van der Waals surface area contributed by atoms with E-state index >= 15 is 0 Å².